The third-order valence-corrected chi connectivity index (χ3v) is 4.47. The molecule has 18 heavy (non-hydrogen) atoms. The third-order valence-electron chi connectivity index (χ3n) is 3.95. The van der Waals surface area contributed by atoms with E-state index in [0.29, 0.717) is 18.0 Å². The Morgan fingerprint density at radius 1 is 1.22 bits per heavy atom. The minimum atomic E-state index is 0.493. The van der Waals surface area contributed by atoms with Gasteiger partial charge in [0.2, 0.25) is 0 Å². The Kier molecular flexibility index (Phi) is 4.82. The lowest BCUT2D eigenvalue weighted by molar-refractivity contribution is 0.0843. The van der Waals surface area contributed by atoms with E-state index in [0.717, 1.165) is 24.1 Å². The Morgan fingerprint density at radius 3 is 2.50 bits per heavy atom. The van der Waals surface area contributed by atoms with Gasteiger partial charge in [0.15, 0.2) is 0 Å². The van der Waals surface area contributed by atoms with Crippen LogP contribution in [-0.4, -0.2) is 30.6 Å². The van der Waals surface area contributed by atoms with Crippen molar-refractivity contribution in [3.8, 4) is 0 Å². The number of piperazine rings is 1. The van der Waals surface area contributed by atoms with Crippen molar-refractivity contribution in [2.45, 2.75) is 32.9 Å². The molecule has 0 aromatic heterocycles. The highest BCUT2D eigenvalue weighted by Gasteiger charge is 2.28. The molecule has 2 atom stereocenters. The summed E-state index contributed by atoms with van der Waals surface area (Å²) >= 11 is 3.50. The fraction of sp³-hybridized carbons (Fsp3) is 0.600. The maximum Gasteiger partial charge on any atom is 0.0324 e. The first-order valence-corrected chi connectivity index (χ1v) is 7.61. The highest BCUT2D eigenvalue weighted by molar-refractivity contribution is 9.10. The van der Waals surface area contributed by atoms with Crippen molar-refractivity contribution in [1.82, 2.24) is 10.2 Å². The normalized spacial score (nSPS) is 23.3. The summed E-state index contributed by atoms with van der Waals surface area (Å²) in [4.78, 5) is 2.64. The van der Waals surface area contributed by atoms with Crippen LogP contribution < -0.4 is 5.32 Å². The van der Waals surface area contributed by atoms with Gasteiger partial charge >= 0.3 is 0 Å². The second-order valence-electron chi connectivity index (χ2n) is 5.48. The first kappa shape index (κ1) is 14.0. The summed E-state index contributed by atoms with van der Waals surface area (Å²) in [6, 6.07) is 9.86. The van der Waals surface area contributed by atoms with E-state index in [4.69, 9.17) is 0 Å². The van der Waals surface area contributed by atoms with Crippen LogP contribution in [0.2, 0.25) is 0 Å². The summed E-state index contributed by atoms with van der Waals surface area (Å²) in [5.74, 6) is 0.690. The minimum Gasteiger partial charge on any atom is -0.314 e. The van der Waals surface area contributed by atoms with Crippen LogP contribution in [0, 0.1) is 5.92 Å². The minimum absolute atomic E-state index is 0.493. The molecule has 1 aliphatic rings. The summed E-state index contributed by atoms with van der Waals surface area (Å²) in [5, 5.41) is 3.51. The molecule has 2 nitrogen and oxygen atoms in total. The van der Waals surface area contributed by atoms with Crippen LogP contribution in [0.3, 0.4) is 0 Å². The van der Waals surface area contributed by atoms with Crippen molar-refractivity contribution in [2.75, 3.05) is 19.6 Å². The van der Waals surface area contributed by atoms with Gasteiger partial charge < -0.3 is 5.32 Å². The van der Waals surface area contributed by atoms with E-state index in [1.807, 2.05) is 0 Å². The van der Waals surface area contributed by atoms with E-state index in [1.54, 1.807) is 0 Å². The highest BCUT2D eigenvalue weighted by atomic mass is 79.9. The molecule has 0 aliphatic carbocycles. The van der Waals surface area contributed by atoms with Crippen LogP contribution in [-0.2, 0) is 0 Å². The zero-order valence-corrected chi connectivity index (χ0v) is 13.1. The second kappa shape index (κ2) is 6.18. The van der Waals surface area contributed by atoms with Crippen molar-refractivity contribution < 1.29 is 0 Å². The highest BCUT2D eigenvalue weighted by Crippen LogP contribution is 2.27. The van der Waals surface area contributed by atoms with Gasteiger partial charge in [-0.3, -0.25) is 4.90 Å². The van der Waals surface area contributed by atoms with Crippen LogP contribution in [0.25, 0.3) is 0 Å². The van der Waals surface area contributed by atoms with Crippen molar-refractivity contribution in [3.63, 3.8) is 0 Å². The summed E-state index contributed by atoms with van der Waals surface area (Å²) in [6.07, 6.45) is 0. The van der Waals surface area contributed by atoms with Gasteiger partial charge in [-0.15, -0.1) is 0 Å². The zero-order chi connectivity index (χ0) is 13.1. The van der Waals surface area contributed by atoms with E-state index < -0.39 is 0 Å². The fourth-order valence-electron chi connectivity index (χ4n) is 2.77. The lowest BCUT2D eigenvalue weighted by Gasteiger charge is -2.42. The average molecular weight is 311 g/mol. The molecule has 3 heteroatoms. The number of halogens is 1. The molecular formula is C15H23BrN2. The topological polar surface area (TPSA) is 15.3 Å². The molecule has 0 saturated carbocycles. The summed E-state index contributed by atoms with van der Waals surface area (Å²) in [5.41, 5.74) is 1.41. The predicted octanol–water partition coefficient (Wildman–Crippen LogP) is 3.44. The Balaban J connectivity index is 2.15. The molecule has 1 N–H and O–H groups in total. The van der Waals surface area contributed by atoms with Gasteiger partial charge in [-0.05, 0) is 30.5 Å². The van der Waals surface area contributed by atoms with E-state index in [2.05, 4.69) is 71.2 Å². The molecule has 1 heterocycles. The SMILES string of the molecule is CC(C)C1CNCCN1C(C)c1ccc(Br)cc1. The second-order valence-corrected chi connectivity index (χ2v) is 6.40. The van der Waals surface area contributed by atoms with Gasteiger partial charge in [-0.2, -0.15) is 0 Å². The summed E-state index contributed by atoms with van der Waals surface area (Å²) < 4.78 is 1.15. The van der Waals surface area contributed by atoms with E-state index in [-0.39, 0.29) is 0 Å². The number of hydrogen-bond acceptors (Lipinski definition) is 2. The summed E-state index contributed by atoms with van der Waals surface area (Å²) in [7, 11) is 0. The molecule has 100 valence electrons. The van der Waals surface area contributed by atoms with Crippen molar-refractivity contribution in [2.24, 2.45) is 5.92 Å². The number of nitrogens with zero attached hydrogens (tertiary/aromatic N) is 1. The van der Waals surface area contributed by atoms with Crippen LogP contribution in [0.5, 0.6) is 0 Å². The fourth-order valence-corrected chi connectivity index (χ4v) is 3.04. The largest absolute Gasteiger partial charge is 0.314 e. The van der Waals surface area contributed by atoms with E-state index >= 15 is 0 Å². The van der Waals surface area contributed by atoms with E-state index in [1.165, 1.54) is 5.56 Å². The van der Waals surface area contributed by atoms with Crippen LogP contribution in [0.4, 0.5) is 0 Å². The van der Waals surface area contributed by atoms with Gasteiger partial charge in [0.25, 0.3) is 0 Å². The van der Waals surface area contributed by atoms with Gasteiger partial charge in [0, 0.05) is 36.2 Å². The molecule has 1 aromatic rings. The molecule has 2 unspecified atom stereocenters. The number of benzene rings is 1. The molecule has 2 rings (SSSR count). The lowest BCUT2D eigenvalue weighted by atomic mass is 9.96. The zero-order valence-electron chi connectivity index (χ0n) is 11.5. The number of hydrogen-bond donors (Lipinski definition) is 1. The summed E-state index contributed by atoms with van der Waals surface area (Å²) in [6.45, 7) is 10.3. The van der Waals surface area contributed by atoms with Crippen molar-refractivity contribution in [3.05, 3.63) is 34.3 Å². The molecule has 0 bridgehead atoms. The molecule has 1 aromatic carbocycles. The van der Waals surface area contributed by atoms with Crippen molar-refractivity contribution in [1.29, 1.82) is 0 Å². The maximum atomic E-state index is 3.51. The Morgan fingerprint density at radius 2 is 1.89 bits per heavy atom. The molecule has 0 radical (unpaired) electrons. The van der Waals surface area contributed by atoms with Gasteiger partial charge in [-0.1, -0.05) is 41.9 Å². The van der Waals surface area contributed by atoms with Gasteiger partial charge in [0.05, 0.1) is 0 Å². The molecule has 0 amide bonds. The molecule has 0 spiro atoms. The molecular weight excluding hydrogens is 288 g/mol. The number of nitrogens with one attached hydrogen (secondary N) is 1. The molecule has 1 aliphatic heterocycles. The third kappa shape index (κ3) is 3.14. The standard InChI is InChI=1S/C15H23BrN2/c1-11(2)15-10-17-8-9-18(15)12(3)13-4-6-14(16)7-5-13/h4-7,11-12,15,17H,8-10H2,1-3H3. The van der Waals surface area contributed by atoms with Crippen LogP contribution >= 0.6 is 15.9 Å². The van der Waals surface area contributed by atoms with Crippen LogP contribution in [0.1, 0.15) is 32.4 Å². The molecule has 1 saturated heterocycles. The number of rotatable bonds is 3. The smallest absolute Gasteiger partial charge is 0.0324 e. The first-order chi connectivity index (χ1) is 8.59. The molecule has 1 fully saturated rings. The van der Waals surface area contributed by atoms with Gasteiger partial charge in [0.1, 0.15) is 0 Å². The quantitative estimate of drug-likeness (QED) is 0.920. The monoisotopic (exact) mass is 310 g/mol. The van der Waals surface area contributed by atoms with Crippen LogP contribution in [0.15, 0.2) is 28.7 Å². The van der Waals surface area contributed by atoms with E-state index in [9.17, 15) is 0 Å². The Bertz CT molecular complexity index is 375. The Hall–Kier alpha value is -0.380. The Labute approximate surface area is 119 Å². The first-order valence-electron chi connectivity index (χ1n) is 6.81. The van der Waals surface area contributed by atoms with Gasteiger partial charge in [-0.25, -0.2) is 0 Å². The predicted molar refractivity (Wildman–Crippen MR) is 80.8 cm³/mol. The average Bonchev–Trinajstić information content (AvgIpc) is 2.39. The lowest BCUT2D eigenvalue weighted by Crippen LogP contribution is -2.54. The maximum absolute atomic E-state index is 3.51. The van der Waals surface area contributed by atoms with Crippen molar-refractivity contribution >= 4 is 15.9 Å².